The number of carbonyl (C=O) groups excluding carboxylic acids is 1. The highest BCUT2D eigenvalue weighted by Gasteiger charge is 2.16. The van der Waals surface area contributed by atoms with Crippen molar-refractivity contribution in [3.63, 3.8) is 0 Å². The van der Waals surface area contributed by atoms with Crippen LogP contribution in [0.4, 0.5) is 0 Å². The fourth-order valence-electron chi connectivity index (χ4n) is 1.59. The molecule has 4 N–H and O–H groups in total. The summed E-state index contributed by atoms with van der Waals surface area (Å²) in [6.45, 7) is 1.77. The number of ether oxygens (including phenoxy) is 2. The number of nitrogens with two attached hydrogens (primary N) is 1. The van der Waals surface area contributed by atoms with E-state index in [2.05, 4.69) is 0 Å². The fraction of sp³-hybridized carbons (Fsp3) is 0.462. The molecule has 1 aromatic carbocycles. The Morgan fingerprint density at radius 1 is 1.37 bits per heavy atom. The van der Waals surface area contributed by atoms with Crippen LogP contribution >= 0.6 is 0 Å². The van der Waals surface area contributed by atoms with E-state index in [-0.39, 0.29) is 19.0 Å². The van der Waals surface area contributed by atoms with E-state index < -0.39 is 12.3 Å². The SMILES string of the molecule is CCOC(=O)CC(N)c1ccccc1OCC(O)O. The van der Waals surface area contributed by atoms with Crippen LogP contribution in [0.25, 0.3) is 0 Å². The minimum Gasteiger partial charge on any atom is -0.488 e. The predicted molar refractivity (Wildman–Crippen MR) is 68.3 cm³/mol. The number of hydrogen-bond acceptors (Lipinski definition) is 6. The Hall–Kier alpha value is -1.63. The average Bonchev–Trinajstić information content (AvgIpc) is 2.36. The second-order valence-corrected chi connectivity index (χ2v) is 3.95. The molecule has 0 aliphatic rings. The van der Waals surface area contributed by atoms with E-state index in [1.807, 2.05) is 0 Å². The number of benzene rings is 1. The summed E-state index contributed by atoms with van der Waals surface area (Å²) in [5.74, 6) is 0.0411. The van der Waals surface area contributed by atoms with Gasteiger partial charge in [-0.25, -0.2) is 0 Å². The van der Waals surface area contributed by atoms with Gasteiger partial charge in [0, 0.05) is 11.6 Å². The first-order chi connectivity index (χ1) is 9.04. The molecule has 0 saturated carbocycles. The van der Waals surface area contributed by atoms with Crippen molar-refractivity contribution in [2.75, 3.05) is 13.2 Å². The zero-order valence-electron chi connectivity index (χ0n) is 10.8. The summed E-state index contributed by atoms with van der Waals surface area (Å²) >= 11 is 0. The Morgan fingerprint density at radius 3 is 2.68 bits per heavy atom. The molecule has 0 radical (unpaired) electrons. The van der Waals surface area contributed by atoms with E-state index >= 15 is 0 Å². The summed E-state index contributed by atoms with van der Waals surface area (Å²) in [4.78, 5) is 11.4. The molecule has 0 saturated heterocycles. The molecule has 0 aromatic heterocycles. The summed E-state index contributed by atoms with van der Waals surface area (Å²) in [5, 5.41) is 17.6. The van der Waals surface area contributed by atoms with Crippen molar-refractivity contribution in [3.05, 3.63) is 29.8 Å². The molecule has 0 bridgehead atoms. The molecule has 1 rings (SSSR count). The number of para-hydroxylation sites is 1. The van der Waals surface area contributed by atoms with Crippen LogP contribution in [0.15, 0.2) is 24.3 Å². The molecule has 6 nitrogen and oxygen atoms in total. The van der Waals surface area contributed by atoms with E-state index in [1.165, 1.54) is 0 Å². The standard InChI is InChI=1S/C13H19NO5/c1-2-18-13(17)7-10(14)9-5-3-4-6-11(9)19-8-12(15)16/h3-6,10,12,15-16H,2,7-8,14H2,1H3. The third-order valence-corrected chi connectivity index (χ3v) is 2.40. The maximum absolute atomic E-state index is 11.4. The van der Waals surface area contributed by atoms with Crippen molar-refractivity contribution in [1.82, 2.24) is 0 Å². The Balaban J connectivity index is 2.72. The van der Waals surface area contributed by atoms with Crippen molar-refractivity contribution in [2.24, 2.45) is 5.73 Å². The van der Waals surface area contributed by atoms with Crippen LogP contribution in [0.1, 0.15) is 24.9 Å². The number of hydrogen-bond donors (Lipinski definition) is 3. The van der Waals surface area contributed by atoms with Crippen LogP contribution in [0.5, 0.6) is 5.75 Å². The topological polar surface area (TPSA) is 102 Å². The Kier molecular flexibility index (Phi) is 6.27. The van der Waals surface area contributed by atoms with Gasteiger partial charge in [0.1, 0.15) is 12.4 Å². The van der Waals surface area contributed by atoms with Gasteiger partial charge >= 0.3 is 5.97 Å². The van der Waals surface area contributed by atoms with Crippen LogP contribution in [-0.2, 0) is 9.53 Å². The second kappa shape index (κ2) is 7.73. The lowest BCUT2D eigenvalue weighted by Crippen LogP contribution is -2.20. The molecule has 1 unspecified atom stereocenters. The van der Waals surface area contributed by atoms with Gasteiger partial charge in [0.2, 0.25) is 0 Å². The third-order valence-electron chi connectivity index (χ3n) is 2.40. The van der Waals surface area contributed by atoms with E-state index in [9.17, 15) is 4.79 Å². The summed E-state index contributed by atoms with van der Waals surface area (Å²) in [6.07, 6.45) is -1.52. The van der Waals surface area contributed by atoms with Gasteiger partial charge in [0.15, 0.2) is 6.29 Å². The first kappa shape index (κ1) is 15.4. The van der Waals surface area contributed by atoms with Gasteiger partial charge in [-0.05, 0) is 13.0 Å². The first-order valence-corrected chi connectivity index (χ1v) is 6.03. The van der Waals surface area contributed by atoms with Gasteiger partial charge in [0.05, 0.1) is 13.0 Å². The van der Waals surface area contributed by atoms with Crippen LogP contribution in [0.3, 0.4) is 0 Å². The van der Waals surface area contributed by atoms with E-state index in [0.29, 0.717) is 17.9 Å². The number of carbonyl (C=O) groups is 1. The summed E-state index contributed by atoms with van der Waals surface area (Å²) in [6, 6.07) is 6.32. The van der Waals surface area contributed by atoms with Crippen LogP contribution in [-0.4, -0.2) is 35.7 Å². The molecular formula is C13H19NO5. The third kappa shape index (κ3) is 5.25. The molecule has 19 heavy (non-hydrogen) atoms. The maximum atomic E-state index is 11.4. The molecule has 106 valence electrons. The van der Waals surface area contributed by atoms with Crippen molar-refractivity contribution in [1.29, 1.82) is 0 Å². The molecular weight excluding hydrogens is 250 g/mol. The van der Waals surface area contributed by atoms with Gasteiger partial charge in [-0.15, -0.1) is 0 Å². The van der Waals surface area contributed by atoms with E-state index in [4.69, 9.17) is 25.4 Å². The Morgan fingerprint density at radius 2 is 2.05 bits per heavy atom. The number of aliphatic hydroxyl groups excluding tert-OH is 1. The van der Waals surface area contributed by atoms with Crippen molar-refractivity contribution >= 4 is 5.97 Å². The van der Waals surface area contributed by atoms with E-state index in [1.54, 1.807) is 31.2 Å². The zero-order chi connectivity index (χ0) is 14.3. The first-order valence-electron chi connectivity index (χ1n) is 6.03. The van der Waals surface area contributed by atoms with Gasteiger partial charge < -0.3 is 25.4 Å². The zero-order valence-corrected chi connectivity index (χ0v) is 10.8. The molecule has 0 heterocycles. The highest BCUT2D eigenvalue weighted by atomic mass is 16.5. The fourth-order valence-corrected chi connectivity index (χ4v) is 1.59. The molecule has 1 atom stereocenters. The molecule has 0 spiro atoms. The Labute approximate surface area is 111 Å². The quantitative estimate of drug-likeness (QED) is 0.487. The average molecular weight is 269 g/mol. The lowest BCUT2D eigenvalue weighted by atomic mass is 10.0. The van der Waals surface area contributed by atoms with Gasteiger partial charge in [-0.2, -0.15) is 0 Å². The lowest BCUT2D eigenvalue weighted by Gasteiger charge is -2.16. The summed E-state index contributed by atoms with van der Waals surface area (Å²) in [7, 11) is 0. The van der Waals surface area contributed by atoms with Crippen LogP contribution in [0.2, 0.25) is 0 Å². The van der Waals surface area contributed by atoms with Crippen molar-refractivity contribution in [2.45, 2.75) is 25.7 Å². The van der Waals surface area contributed by atoms with Crippen molar-refractivity contribution in [3.8, 4) is 5.75 Å². The number of aliphatic hydroxyl groups is 2. The minimum absolute atomic E-state index is 0.0376. The molecule has 0 aliphatic heterocycles. The van der Waals surface area contributed by atoms with Crippen LogP contribution in [0, 0.1) is 0 Å². The summed E-state index contributed by atoms with van der Waals surface area (Å²) < 4.78 is 10.1. The normalized spacial score (nSPS) is 12.3. The summed E-state index contributed by atoms with van der Waals surface area (Å²) in [5.41, 5.74) is 6.55. The lowest BCUT2D eigenvalue weighted by molar-refractivity contribution is -0.143. The Bertz CT molecular complexity index is 408. The predicted octanol–water partition coefficient (Wildman–Crippen LogP) is 0.329. The van der Waals surface area contributed by atoms with Gasteiger partial charge in [-0.3, -0.25) is 4.79 Å². The molecule has 0 fully saturated rings. The molecule has 0 amide bonds. The number of rotatable bonds is 7. The highest BCUT2D eigenvalue weighted by Crippen LogP contribution is 2.25. The molecule has 6 heteroatoms. The number of esters is 1. The highest BCUT2D eigenvalue weighted by molar-refractivity contribution is 5.70. The monoisotopic (exact) mass is 269 g/mol. The van der Waals surface area contributed by atoms with Gasteiger partial charge in [-0.1, -0.05) is 18.2 Å². The minimum atomic E-state index is -1.56. The maximum Gasteiger partial charge on any atom is 0.307 e. The molecule has 0 aliphatic carbocycles. The second-order valence-electron chi connectivity index (χ2n) is 3.95. The molecule has 1 aromatic rings. The smallest absolute Gasteiger partial charge is 0.307 e. The van der Waals surface area contributed by atoms with Gasteiger partial charge in [0.25, 0.3) is 0 Å². The van der Waals surface area contributed by atoms with Crippen molar-refractivity contribution < 1.29 is 24.5 Å². The van der Waals surface area contributed by atoms with Crippen LogP contribution < -0.4 is 10.5 Å². The van der Waals surface area contributed by atoms with E-state index in [0.717, 1.165) is 0 Å². The largest absolute Gasteiger partial charge is 0.488 e.